The van der Waals surface area contributed by atoms with Crippen LogP contribution in [0.25, 0.3) is 0 Å². The van der Waals surface area contributed by atoms with Crippen LogP contribution in [0.2, 0.25) is 5.02 Å². The SMILES string of the molecule is Cc1cc(Cl)cc(CCCCN)c1O. The second-order valence-electron chi connectivity index (χ2n) is 3.48. The first kappa shape index (κ1) is 11.3. The van der Waals surface area contributed by atoms with Gasteiger partial charge in [-0.25, -0.2) is 0 Å². The minimum absolute atomic E-state index is 0.367. The smallest absolute Gasteiger partial charge is 0.121 e. The van der Waals surface area contributed by atoms with Crippen LogP contribution in [0, 0.1) is 6.92 Å². The quantitative estimate of drug-likeness (QED) is 0.756. The maximum absolute atomic E-state index is 9.73. The second kappa shape index (κ2) is 5.23. The van der Waals surface area contributed by atoms with Crippen LogP contribution in [-0.2, 0) is 6.42 Å². The molecule has 0 spiro atoms. The van der Waals surface area contributed by atoms with E-state index in [4.69, 9.17) is 17.3 Å². The number of nitrogens with two attached hydrogens (primary N) is 1. The largest absolute Gasteiger partial charge is 0.507 e. The molecule has 0 saturated carbocycles. The molecule has 0 aromatic heterocycles. The zero-order chi connectivity index (χ0) is 10.6. The van der Waals surface area contributed by atoms with Gasteiger partial charge in [0, 0.05) is 5.02 Å². The standard InChI is InChI=1S/C11H16ClNO/c1-8-6-10(12)7-9(11(8)14)4-2-3-5-13/h6-7,14H,2-5,13H2,1H3. The number of phenols is 1. The van der Waals surface area contributed by atoms with Crippen molar-refractivity contribution in [2.45, 2.75) is 26.2 Å². The lowest BCUT2D eigenvalue weighted by molar-refractivity contribution is 0.462. The van der Waals surface area contributed by atoms with Gasteiger partial charge in [-0.05, 0) is 56.0 Å². The summed E-state index contributed by atoms with van der Waals surface area (Å²) in [7, 11) is 0. The van der Waals surface area contributed by atoms with Crippen molar-refractivity contribution in [3.05, 3.63) is 28.3 Å². The predicted molar refractivity (Wildman–Crippen MR) is 59.8 cm³/mol. The summed E-state index contributed by atoms with van der Waals surface area (Å²) in [6, 6.07) is 3.59. The number of unbranched alkanes of at least 4 members (excludes halogenated alkanes) is 1. The molecule has 78 valence electrons. The lowest BCUT2D eigenvalue weighted by Crippen LogP contribution is -1.99. The second-order valence-corrected chi connectivity index (χ2v) is 3.91. The van der Waals surface area contributed by atoms with Crippen LogP contribution in [0.3, 0.4) is 0 Å². The number of rotatable bonds is 4. The predicted octanol–water partition coefficient (Wildman–Crippen LogP) is 2.64. The molecule has 0 radical (unpaired) electrons. The molecule has 0 aliphatic heterocycles. The van der Waals surface area contributed by atoms with Crippen molar-refractivity contribution in [2.24, 2.45) is 5.73 Å². The first-order valence-corrected chi connectivity index (χ1v) is 5.21. The topological polar surface area (TPSA) is 46.2 Å². The van der Waals surface area contributed by atoms with E-state index < -0.39 is 0 Å². The summed E-state index contributed by atoms with van der Waals surface area (Å²) < 4.78 is 0. The Labute approximate surface area is 89.7 Å². The van der Waals surface area contributed by atoms with Crippen LogP contribution in [0.5, 0.6) is 5.75 Å². The summed E-state index contributed by atoms with van der Waals surface area (Å²) in [5.74, 6) is 0.367. The van der Waals surface area contributed by atoms with Crippen LogP contribution in [0.4, 0.5) is 0 Å². The molecule has 0 fully saturated rings. The molecular weight excluding hydrogens is 198 g/mol. The molecule has 0 bridgehead atoms. The number of aromatic hydroxyl groups is 1. The minimum atomic E-state index is 0.367. The number of phenolic OH excluding ortho intramolecular Hbond substituents is 1. The average Bonchev–Trinajstić information content (AvgIpc) is 2.13. The van der Waals surface area contributed by atoms with E-state index in [1.165, 1.54) is 0 Å². The van der Waals surface area contributed by atoms with E-state index in [9.17, 15) is 5.11 Å². The first-order valence-electron chi connectivity index (χ1n) is 4.83. The van der Waals surface area contributed by atoms with Gasteiger partial charge in [-0.3, -0.25) is 0 Å². The number of hydrogen-bond acceptors (Lipinski definition) is 2. The van der Waals surface area contributed by atoms with Gasteiger partial charge < -0.3 is 10.8 Å². The van der Waals surface area contributed by atoms with Gasteiger partial charge in [-0.2, -0.15) is 0 Å². The Balaban J connectivity index is 2.75. The Bertz CT molecular complexity index is 312. The van der Waals surface area contributed by atoms with Gasteiger partial charge in [0.2, 0.25) is 0 Å². The summed E-state index contributed by atoms with van der Waals surface area (Å²) in [5, 5.41) is 10.4. The first-order chi connectivity index (χ1) is 6.65. The van der Waals surface area contributed by atoms with E-state index in [0.717, 1.165) is 30.4 Å². The van der Waals surface area contributed by atoms with Gasteiger partial charge >= 0.3 is 0 Å². The Morgan fingerprint density at radius 1 is 1.36 bits per heavy atom. The van der Waals surface area contributed by atoms with E-state index in [1.807, 2.05) is 13.0 Å². The highest BCUT2D eigenvalue weighted by molar-refractivity contribution is 6.30. The Hall–Kier alpha value is -0.730. The van der Waals surface area contributed by atoms with E-state index >= 15 is 0 Å². The van der Waals surface area contributed by atoms with Crippen molar-refractivity contribution in [1.82, 2.24) is 0 Å². The number of halogens is 1. The molecule has 0 aliphatic carbocycles. The van der Waals surface area contributed by atoms with E-state index in [-0.39, 0.29) is 0 Å². The van der Waals surface area contributed by atoms with Gasteiger partial charge in [0.05, 0.1) is 0 Å². The third-order valence-electron chi connectivity index (χ3n) is 2.24. The van der Waals surface area contributed by atoms with Crippen molar-refractivity contribution in [2.75, 3.05) is 6.54 Å². The molecule has 1 aromatic rings. The van der Waals surface area contributed by atoms with E-state index in [0.29, 0.717) is 17.3 Å². The molecule has 3 N–H and O–H groups in total. The molecule has 3 heteroatoms. The Morgan fingerprint density at radius 2 is 2.07 bits per heavy atom. The van der Waals surface area contributed by atoms with Crippen LogP contribution in [0.1, 0.15) is 24.0 Å². The lowest BCUT2D eigenvalue weighted by Gasteiger charge is -2.07. The van der Waals surface area contributed by atoms with Crippen LogP contribution < -0.4 is 5.73 Å². The fourth-order valence-electron chi connectivity index (χ4n) is 1.46. The molecule has 0 heterocycles. The molecule has 0 atom stereocenters. The van der Waals surface area contributed by atoms with Crippen molar-refractivity contribution in [3.8, 4) is 5.75 Å². The molecule has 2 nitrogen and oxygen atoms in total. The lowest BCUT2D eigenvalue weighted by atomic mass is 10.0. The zero-order valence-electron chi connectivity index (χ0n) is 8.39. The maximum Gasteiger partial charge on any atom is 0.121 e. The highest BCUT2D eigenvalue weighted by Crippen LogP contribution is 2.27. The monoisotopic (exact) mass is 213 g/mol. The third kappa shape index (κ3) is 2.89. The Morgan fingerprint density at radius 3 is 2.71 bits per heavy atom. The third-order valence-corrected chi connectivity index (χ3v) is 2.46. The molecular formula is C11H16ClNO. The van der Waals surface area contributed by atoms with Gasteiger partial charge in [0.25, 0.3) is 0 Å². The number of aryl methyl sites for hydroxylation is 2. The van der Waals surface area contributed by atoms with Gasteiger partial charge in [0.15, 0.2) is 0 Å². The summed E-state index contributed by atoms with van der Waals surface area (Å²) in [4.78, 5) is 0. The molecule has 1 rings (SSSR count). The molecule has 14 heavy (non-hydrogen) atoms. The minimum Gasteiger partial charge on any atom is -0.507 e. The zero-order valence-corrected chi connectivity index (χ0v) is 9.14. The van der Waals surface area contributed by atoms with E-state index in [2.05, 4.69) is 0 Å². The van der Waals surface area contributed by atoms with Gasteiger partial charge in [-0.15, -0.1) is 0 Å². The molecule has 0 amide bonds. The van der Waals surface area contributed by atoms with Crippen LogP contribution in [-0.4, -0.2) is 11.7 Å². The fourth-order valence-corrected chi connectivity index (χ4v) is 1.75. The normalized spacial score (nSPS) is 10.5. The van der Waals surface area contributed by atoms with E-state index in [1.54, 1.807) is 6.07 Å². The molecule has 0 saturated heterocycles. The molecule has 0 aliphatic rings. The summed E-state index contributed by atoms with van der Waals surface area (Å²) in [5.41, 5.74) is 7.16. The highest BCUT2D eigenvalue weighted by Gasteiger charge is 2.05. The highest BCUT2D eigenvalue weighted by atomic mass is 35.5. The van der Waals surface area contributed by atoms with Crippen LogP contribution >= 0.6 is 11.6 Å². The Kier molecular flexibility index (Phi) is 4.23. The summed E-state index contributed by atoms with van der Waals surface area (Å²) in [6.07, 6.45) is 2.80. The van der Waals surface area contributed by atoms with Gasteiger partial charge in [-0.1, -0.05) is 11.6 Å². The van der Waals surface area contributed by atoms with Crippen LogP contribution in [0.15, 0.2) is 12.1 Å². The van der Waals surface area contributed by atoms with Crippen molar-refractivity contribution < 1.29 is 5.11 Å². The molecule has 1 aromatic carbocycles. The maximum atomic E-state index is 9.73. The van der Waals surface area contributed by atoms with Crippen molar-refractivity contribution in [3.63, 3.8) is 0 Å². The number of benzene rings is 1. The van der Waals surface area contributed by atoms with Gasteiger partial charge in [0.1, 0.15) is 5.75 Å². The van der Waals surface area contributed by atoms with Crippen molar-refractivity contribution in [1.29, 1.82) is 0 Å². The number of hydrogen-bond donors (Lipinski definition) is 2. The average molecular weight is 214 g/mol. The summed E-state index contributed by atoms with van der Waals surface area (Å²) >= 11 is 5.90. The summed E-state index contributed by atoms with van der Waals surface area (Å²) in [6.45, 7) is 2.55. The fraction of sp³-hybridized carbons (Fsp3) is 0.455. The van der Waals surface area contributed by atoms with Crippen molar-refractivity contribution >= 4 is 11.6 Å². The molecule has 0 unspecified atom stereocenters.